The van der Waals surface area contributed by atoms with Crippen LogP contribution in [0.5, 0.6) is 11.5 Å². The molecule has 1 saturated carbocycles. The SMILES string of the molecule is CCCCOc1cc(OCC(F)(F)F)cc(C(CC2CC2)C(=O)OC)c1. The van der Waals surface area contributed by atoms with Crippen LogP contribution in [0.4, 0.5) is 13.2 Å². The van der Waals surface area contributed by atoms with Crippen LogP contribution in [0.15, 0.2) is 18.2 Å². The zero-order valence-electron chi connectivity index (χ0n) is 15.1. The quantitative estimate of drug-likeness (QED) is 0.433. The van der Waals surface area contributed by atoms with Crippen molar-refractivity contribution in [2.45, 2.75) is 51.1 Å². The number of hydrogen-bond acceptors (Lipinski definition) is 4. The van der Waals surface area contributed by atoms with E-state index in [4.69, 9.17) is 14.2 Å². The fourth-order valence-electron chi connectivity index (χ4n) is 2.66. The summed E-state index contributed by atoms with van der Waals surface area (Å²) >= 11 is 0. The average Bonchev–Trinajstić information content (AvgIpc) is 3.41. The molecule has 0 N–H and O–H groups in total. The number of rotatable bonds is 10. The molecule has 1 aliphatic rings. The van der Waals surface area contributed by atoms with Gasteiger partial charge in [-0.2, -0.15) is 13.2 Å². The molecule has 146 valence electrons. The van der Waals surface area contributed by atoms with E-state index >= 15 is 0 Å². The number of esters is 1. The highest BCUT2D eigenvalue weighted by Gasteiger charge is 2.32. The molecule has 0 aliphatic heterocycles. The van der Waals surface area contributed by atoms with E-state index in [2.05, 4.69) is 0 Å². The predicted molar refractivity (Wildman–Crippen MR) is 90.5 cm³/mol. The summed E-state index contributed by atoms with van der Waals surface area (Å²) in [6.45, 7) is 1.07. The van der Waals surface area contributed by atoms with Gasteiger partial charge in [-0.05, 0) is 36.5 Å². The number of methoxy groups -OCH3 is 1. The summed E-state index contributed by atoms with van der Waals surface area (Å²) in [5.41, 5.74) is 0.565. The zero-order valence-corrected chi connectivity index (χ0v) is 15.1. The van der Waals surface area contributed by atoms with Crippen LogP contribution in [0.25, 0.3) is 0 Å². The average molecular weight is 374 g/mol. The highest BCUT2D eigenvalue weighted by Crippen LogP contribution is 2.40. The van der Waals surface area contributed by atoms with Gasteiger partial charge >= 0.3 is 12.1 Å². The Bertz CT molecular complexity index is 597. The van der Waals surface area contributed by atoms with Gasteiger partial charge in [0.1, 0.15) is 11.5 Å². The van der Waals surface area contributed by atoms with Crippen LogP contribution in [0.3, 0.4) is 0 Å². The van der Waals surface area contributed by atoms with Gasteiger partial charge in [0.25, 0.3) is 0 Å². The number of benzene rings is 1. The molecule has 0 bridgehead atoms. The van der Waals surface area contributed by atoms with E-state index < -0.39 is 24.7 Å². The van der Waals surface area contributed by atoms with Crippen LogP contribution in [0, 0.1) is 5.92 Å². The van der Waals surface area contributed by atoms with Crippen LogP contribution in [-0.4, -0.2) is 32.5 Å². The second kappa shape index (κ2) is 9.14. The van der Waals surface area contributed by atoms with Crippen LogP contribution in [-0.2, 0) is 9.53 Å². The molecule has 0 spiro atoms. The summed E-state index contributed by atoms with van der Waals surface area (Å²) in [6.07, 6.45) is 0.0447. The van der Waals surface area contributed by atoms with Crippen molar-refractivity contribution in [1.82, 2.24) is 0 Å². The van der Waals surface area contributed by atoms with E-state index in [1.54, 1.807) is 6.07 Å². The molecular weight excluding hydrogens is 349 g/mol. The largest absolute Gasteiger partial charge is 0.493 e. The first-order valence-corrected chi connectivity index (χ1v) is 8.87. The summed E-state index contributed by atoms with van der Waals surface area (Å²) in [5.74, 6) is -0.0444. The van der Waals surface area contributed by atoms with Crippen molar-refractivity contribution in [2.75, 3.05) is 20.3 Å². The first-order chi connectivity index (χ1) is 12.3. The van der Waals surface area contributed by atoms with Crippen LogP contribution in [0.1, 0.15) is 50.5 Å². The lowest BCUT2D eigenvalue weighted by Crippen LogP contribution is -2.20. The summed E-state index contributed by atoms with van der Waals surface area (Å²) < 4.78 is 52.8. The molecule has 0 aromatic heterocycles. The zero-order chi connectivity index (χ0) is 19.2. The van der Waals surface area contributed by atoms with Crippen molar-refractivity contribution in [1.29, 1.82) is 0 Å². The topological polar surface area (TPSA) is 44.8 Å². The Balaban J connectivity index is 2.24. The lowest BCUT2D eigenvalue weighted by Gasteiger charge is -2.18. The molecule has 7 heteroatoms. The monoisotopic (exact) mass is 374 g/mol. The van der Waals surface area contributed by atoms with Gasteiger partial charge in [0.2, 0.25) is 0 Å². The van der Waals surface area contributed by atoms with Crippen molar-refractivity contribution in [3.05, 3.63) is 23.8 Å². The van der Waals surface area contributed by atoms with Crippen molar-refractivity contribution in [2.24, 2.45) is 5.92 Å². The number of carbonyl (C=O) groups is 1. The van der Waals surface area contributed by atoms with Gasteiger partial charge in [-0.25, -0.2) is 0 Å². The lowest BCUT2D eigenvalue weighted by molar-refractivity contribution is -0.153. The Hall–Kier alpha value is -1.92. The maximum absolute atomic E-state index is 12.5. The highest BCUT2D eigenvalue weighted by atomic mass is 19.4. The Morgan fingerprint density at radius 3 is 2.38 bits per heavy atom. The van der Waals surface area contributed by atoms with Crippen molar-refractivity contribution < 1.29 is 32.2 Å². The second-order valence-electron chi connectivity index (χ2n) is 6.60. The molecule has 0 heterocycles. The number of alkyl halides is 3. The number of unbranched alkanes of at least 4 members (excludes halogenated alkanes) is 1. The molecule has 2 rings (SSSR count). The number of carbonyl (C=O) groups excluding carboxylic acids is 1. The molecule has 4 nitrogen and oxygen atoms in total. The molecule has 1 atom stereocenters. The van der Waals surface area contributed by atoms with Crippen LogP contribution >= 0.6 is 0 Å². The third-order valence-corrected chi connectivity index (χ3v) is 4.23. The smallest absolute Gasteiger partial charge is 0.422 e. The number of halogens is 3. The maximum atomic E-state index is 12.5. The first kappa shape index (κ1) is 20.4. The van der Waals surface area contributed by atoms with E-state index in [9.17, 15) is 18.0 Å². The summed E-state index contributed by atoms with van der Waals surface area (Å²) in [7, 11) is 1.31. The number of ether oxygens (including phenoxy) is 3. The minimum atomic E-state index is -4.44. The molecule has 1 unspecified atom stereocenters. The van der Waals surface area contributed by atoms with E-state index in [-0.39, 0.29) is 5.75 Å². The molecule has 1 aliphatic carbocycles. The molecule has 0 amide bonds. The fraction of sp³-hybridized carbons (Fsp3) is 0.632. The summed E-state index contributed by atoms with van der Waals surface area (Å²) in [5, 5.41) is 0. The molecule has 26 heavy (non-hydrogen) atoms. The van der Waals surface area contributed by atoms with Crippen LogP contribution in [0.2, 0.25) is 0 Å². The molecule has 1 aromatic carbocycles. The van der Waals surface area contributed by atoms with E-state index in [0.717, 1.165) is 25.7 Å². The van der Waals surface area contributed by atoms with Crippen molar-refractivity contribution in [3.8, 4) is 11.5 Å². The summed E-state index contributed by atoms with van der Waals surface area (Å²) in [4.78, 5) is 12.2. The highest BCUT2D eigenvalue weighted by molar-refractivity contribution is 5.78. The molecule has 1 aromatic rings. The third-order valence-electron chi connectivity index (χ3n) is 4.23. The molecular formula is C19H25F3O4. The lowest BCUT2D eigenvalue weighted by atomic mass is 9.93. The van der Waals surface area contributed by atoms with Crippen molar-refractivity contribution >= 4 is 5.97 Å². The minimum absolute atomic E-state index is 0.0380. The predicted octanol–water partition coefficient (Wildman–Crippen LogP) is 4.86. The van der Waals surface area contributed by atoms with E-state index in [0.29, 0.717) is 30.3 Å². The third kappa shape index (κ3) is 6.77. The normalized spacial score (nSPS) is 15.4. The Labute approximate surface area is 151 Å². The van der Waals surface area contributed by atoms with Gasteiger partial charge < -0.3 is 14.2 Å². The van der Waals surface area contributed by atoms with Gasteiger partial charge in [-0.1, -0.05) is 26.2 Å². The van der Waals surface area contributed by atoms with Gasteiger partial charge in [-0.3, -0.25) is 4.79 Å². The van der Waals surface area contributed by atoms with Crippen LogP contribution < -0.4 is 9.47 Å². The van der Waals surface area contributed by atoms with Gasteiger partial charge in [0.15, 0.2) is 6.61 Å². The first-order valence-electron chi connectivity index (χ1n) is 8.87. The Morgan fingerprint density at radius 2 is 1.85 bits per heavy atom. The fourth-order valence-corrected chi connectivity index (χ4v) is 2.66. The number of hydrogen-bond donors (Lipinski definition) is 0. The van der Waals surface area contributed by atoms with Gasteiger partial charge in [-0.15, -0.1) is 0 Å². The molecule has 1 fully saturated rings. The standard InChI is InChI=1S/C19H25F3O4/c1-3-4-7-25-15-9-14(10-16(11-15)26-12-19(20,21)22)17(18(23)24-2)8-13-5-6-13/h9-11,13,17H,3-8,12H2,1-2H3. The van der Waals surface area contributed by atoms with E-state index in [1.807, 2.05) is 6.92 Å². The Kier molecular flexibility index (Phi) is 7.17. The Morgan fingerprint density at radius 1 is 1.19 bits per heavy atom. The molecule has 0 radical (unpaired) electrons. The maximum Gasteiger partial charge on any atom is 0.422 e. The van der Waals surface area contributed by atoms with E-state index in [1.165, 1.54) is 19.2 Å². The van der Waals surface area contributed by atoms with Gasteiger partial charge in [0.05, 0.1) is 19.6 Å². The second-order valence-corrected chi connectivity index (χ2v) is 6.60. The van der Waals surface area contributed by atoms with Crippen molar-refractivity contribution in [3.63, 3.8) is 0 Å². The molecule has 0 saturated heterocycles. The summed E-state index contributed by atoms with van der Waals surface area (Å²) in [6, 6.07) is 4.60. The van der Waals surface area contributed by atoms with Gasteiger partial charge in [0, 0.05) is 6.07 Å². The minimum Gasteiger partial charge on any atom is -0.493 e.